The van der Waals surface area contributed by atoms with Gasteiger partial charge in [0.05, 0.1) is 22.8 Å². The number of carbonyl (C=O) groups excluding carboxylic acids is 1. The molecule has 1 amide bonds. The fourth-order valence-electron chi connectivity index (χ4n) is 3.73. The van der Waals surface area contributed by atoms with E-state index in [4.69, 9.17) is 4.74 Å². The predicted octanol–water partition coefficient (Wildman–Crippen LogP) is 3.52. The number of piperidine rings is 1. The van der Waals surface area contributed by atoms with Crippen LogP contribution in [0.15, 0.2) is 53.4 Å². The molecule has 1 saturated heterocycles. The third-order valence-corrected chi connectivity index (χ3v) is 7.31. The normalized spacial score (nSPS) is 16.0. The first-order valence-corrected chi connectivity index (χ1v) is 12.2. The van der Waals surface area contributed by atoms with Gasteiger partial charge < -0.3 is 10.1 Å². The van der Waals surface area contributed by atoms with E-state index in [-0.39, 0.29) is 29.2 Å². The van der Waals surface area contributed by atoms with E-state index in [1.165, 1.54) is 43.5 Å². The summed E-state index contributed by atoms with van der Waals surface area (Å²) in [5, 5.41) is 2.96. The molecule has 2 aromatic rings. The number of amides is 1. The second-order valence-corrected chi connectivity index (χ2v) is 10.2. The summed E-state index contributed by atoms with van der Waals surface area (Å²) < 4.78 is 67.9. The number of carbonyl (C=O) groups is 1. The van der Waals surface area contributed by atoms with E-state index in [1.54, 1.807) is 6.07 Å². The molecule has 1 heterocycles. The molecule has 0 aliphatic carbocycles. The number of hydrogen-bond acceptors (Lipinski definition) is 5. The first-order valence-electron chi connectivity index (χ1n) is 10.6. The molecule has 0 saturated carbocycles. The molecule has 0 atom stereocenters. The van der Waals surface area contributed by atoms with Crippen LogP contribution in [-0.4, -0.2) is 57.8 Å². The summed E-state index contributed by atoms with van der Waals surface area (Å²) in [7, 11) is -2.03. The number of rotatable bonds is 8. The Balaban J connectivity index is 1.50. The Hall–Kier alpha value is -2.43. The fraction of sp³-hybridized carbons (Fsp3) is 0.435. The van der Waals surface area contributed by atoms with Crippen LogP contribution in [0.1, 0.15) is 34.3 Å². The molecule has 6 nitrogen and oxygen atoms in total. The monoisotopic (exact) mass is 484 g/mol. The summed E-state index contributed by atoms with van der Waals surface area (Å²) in [6.45, 7) is 1.82. The quantitative estimate of drug-likeness (QED) is 0.621. The molecule has 0 spiro atoms. The Morgan fingerprint density at radius 3 is 2.39 bits per heavy atom. The summed E-state index contributed by atoms with van der Waals surface area (Å²) in [4.78, 5) is 14.8. The molecule has 0 aromatic heterocycles. The minimum atomic E-state index is -4.36. The number of sulfone groups is 1. The standard InChI is InChI=1S/C23H27F3N2O4S/c1-32-13-14-33(30,31)21-7-5-18(6-8-21)22(29)27-20-9-11-28(12-10-20)16-17-3-2-4-19(15-17)23(24,25)26/h2-8,15,20H,9-14,16H2,1H3,(H,27,29). The molecule has 10 heteroatoms. The average molecular weight is 485 g/mol. The van der Waals surface area contributed by atoms with Gasteiger partial charge in [0.2, 0.25) is 0 Å². The molecule has 33 heavy (non-hydrogen) atoms. The average Bonchev–Trinajstić information content (AvgIpc) is 2.79. The summed E-state index contributed by atoms with van der Waals surface area (Å²) >= 11 is 0. The Bertz CT molecular complexity index is 1050. The van der Waals surface area contributed by atoms with Crippen LogP contribution < -0.4 is 5.32 Å². The Kier molecular flexibility index (Phi) is 8.14. The van der Waals surface area contributed by atoms with Crippen LogP contribution >= 0.6 is 0 Å². The lowest BCUT2D eigenvalue weighted by Gasteiger charge is -2.32. The second-order valence-electron chi connectivity index (χ2n) is 8.06. The van der Waals surface area contributed by atoms with Gasteiger partial charge in [-0.05, 0) is 48.7 Å². The van der Waals surface area contributed by atoms with Crippen LogP contribution in [0.25, 0.3) is 0 Å². The molecule has 0 radical (unpaired) electrons. The zero-order valence-electron chi connectivity index (χ0n) is 18.3. The van der Waals surface area contributed by atoms with Crippen LogP contribution in [0.3, 0.4) is 0 Å². The van der Waals surface area contributed by atoms with Crippen molar-refractivity contribution in [2.75, 3.05) is 32.6 Å². The Morgan fingerprint density at radius 2 is 1.79 bits per heavy atom. The molecule has 1 aliphatic rings. The number of benzene rings is 2. The molecule has 0 unspecified atom stereocenters. The number of alkyl halides is 3. The lowest BCUT2D eigenvalue weighted by atomic mass is 10.0. The van der Waals surface area contributed by atoms with Crippen molar-refractivity contribution in [3.8, 4) is 0 Å². The molecule has 180 valence electrons. The SMILES string of the molecule is COCCS(=O)(=O)c1ccc(C(=O)NC2CCN(Cc3cccc(C(F)(F)F)c3)CC2)cc1. The molecular weight excluding hydrogens is 457 g/mol. The molecular formula is C23H27F3N2O4S. The molecule has 1 fully saturated rings. The minimum absolute atomic E-state index is 0.0552. The highest BCUT2D eigenvalue weighted by molar-refractivity contribution is 7.91. The van der Waals surface area contributed by atoms with Crippen LogP contribution in [0.5, 0.6) is 0 Å². The van der Waals surface area contributed by atoms with Crippen LogP contribution in [0.4, 0.5) is 13.2 Å². The minimum Gasteiger partial charge on any atom is -0.384 e. The Morgan fingerprint density at radius 1 is 1.12 bits per heavy atom. The van der Waals surface area contributed by atoms with Crippen molar-refractivity contribution >= 4 is 15.7 Å². The maximum absolute atomic E-state index is 12.9. The highest BCUT2D eigenvalue weighted by Crippen LogP contribution is 2.30. The predicted molar refractivity (Wildman–Crippen MR) is 118 cm³/mol. The lowest BCUT2D eigenvalue weighted by molar-refractivity contribution is -0.137. The second kappa shape index (κ2) is 10.7. The zero-order valence-corrected chi connectivity index (χ0v) is 19.1. The largest absolute Gasteiger partial charge is 0.416 e. The molecule has 3 rings (SSSR count). The third-order valence-electron chi connectivity index (χ3n) is 5.62. The van der Waals surface area contributed by atoms with Gasteiger partial charge in [-0.15, -0.1) is 0 Å². The topological polar surface area (TPSA) is 75.7 Å². The van der Waals surface area contributed by atoms with Crippen LogP contribution in [0.2, 0.25) is 0 Å². The molecule has 1 N–H and O–H groups in total. The van der Waals surface area contributed by atoms with E-state index in [2.05, 4.69) is 10.2 Å². The summed E-state index contributed by atoms with van der Waals surface area (Å²) in [5.41, 5.74) is 0.319. The highest BCUT2D eigenvalue weighted by atomic mass is 32.2. The van der Waals surface area contributed by atoms with Gasteiger partial charge in [-0.25, -0.2) is 8.42 Å². The maximum Gasteiger partial charge on any atom is 0.416 e. The van der Waals surface area contributed by atoms with Crippen molar-refractivity contribution < 1.29 is 31.1 Å². The number of ether oxygens (including phenoxy) is 1. The number of halogens is 3. The van der Waals surface area contributed by atoms with E-state index in [9.17, 15) is 26.4 Å². The Labute approximate surface area is 191 Å². The number of hydrogen-bond donors (Lipinski definition) is 1. The van der Waals surface area contributed by atoms with Crippen molar-refractivity contribution in [1.82, 2.24) is 10.2 Å². The van der Waals surface area contributed by atoms with Gasteiger partial charge in [-0.1, -0.05) is 18.2 Å². The van der Waals surface area contributed by atoms with Gasteiger partial charge in [0.1, 0.15) is 0 Å². The van der Waals surface area contributed by atoms with Crippen molar-refractivity contribution in [3.05, 3.63) is 65.2 Å². The number of nitrogens with one attached hydrogen (secondary N) is 1. The number of nitrogens with zero attached hydrogens (tertiary/aromatic N) is 1. The van der Waals surface area contributed by atoms with E-state index in [0.717, 1.165) is 6.07 Å². The summed E-state index contributed by atoms with van der Waals surface area (Å²) in [5.74, 6) is -0.416. The maximum atomic E-state index is 12.9. The van der Waals surface area contributed by atoms with Gasteiger partial charge in [0.25, 0.3) is 5.91 Å². The van der Waals surface area contributed by atoms with Gasteiger partial charge in [-0.2, -0.15) is 13.2 Å². The van der Waals surface area contributed by atoms with Crippen molar-refractivity contribution in [1.29, 1.82) is 0 Å². The van der Waals surface area contributed by atoms with Crippen molar-refractivity contribution in [2.24, 2.45) is 0 Å². The summed E-state index contributed by atoms with van der Waals surface area (Å²) in [6.07, 6.45) is -3.01. The smallest absolute Gasteiger partial charge is 0.384 e. The summed E-state index contributed by atoms with van der Waals surface area (Å²) in [6, 6.07) is 11.1. The first kappa shape index (κ1) is 25.2. The van der Waals surface area contributed by atoms with Gasteiger partial charge in [-0.3, -0.25) is 9.69 Å². The molecule has 2 aromatic carbocycles. The third kappa shape index (κ3) is 7.02. The van der Waals surface area contributed by atoms with E-state index < -0.39 is 21.6 Å². The first-order chi connectivity index (χ1) is 15.6. The molecule has 1 aliphatic heterocycles. The van der Waals surface area contributed by atoms with E-state index in [1.807, 2.05) is 0 Å². The van der Waals surface area contributed by atoms with Gasteiger partial charge in [0, 0.05) is 38.3 Å². The van der Waals surface area contributed by atoms with Crippen LogP contribution in [0, 0.1) is 0 Å². The highest BCUT2D eigenvalue weighted by Gasteiger charge is 2.30. The number of likely N-dealkylation sites (tertiary alicyclic amines) is 1. The molecule has 0 bridgehead atoms. The van der Waals surface area contributed by atoms with Crippen molar-refractivity contribution in [2.45, 2.75) is 36.5 Å². The van der Waals surface area contributed by atoms with Crippen LogP contribution in [-0.2, 0) is 27.3 Å². The zero-order chi connectivity index (χ0) is 24.1. The van der Waals surface area contributed by atoms with Gasteiger partial charge >= 0.3 is 6.18 Å². The number of methoxy groups -OCH3 is 1. The van der Waals surface area contributed by atoms with Gasteiger partial charge in [0.15, 0.2) is 9.84 Å². The van der Waals surface area contributed by atoms with E-state index in [0.29, 0.717) is 43.6 Å². The van der Waals surface area contributed by atoms with Crippen molar-refractivity contribution in [3.63, 3.8) is 0 Å². The fourth-order valence-corrected chi connectivity index (χ4v) is 4.91. The van der Waals surface area contributed by atoms with E-state index >= 15 is 0 Å². The lowest BCUT2D eigenvalue weighted by Crippen LogP contribution is -2.44.